The molecule has 0 radical (unpaired) electrons. The Labute approximate surface area is 167 Å². The topological polar surface area (TPSA) is 73.5 Å². The molecule has 0 aliphatic carbocycles. The second-order valence-corrected chi connectivity index (χ2v) is 8.71. The molecular formula is C22H31N3O3. The van der Waals surface area contributed by atoms with Crippen molar-refractivity contribution in [2.45, 2.75) is 53.9 Å². The predicted molar refractivity (Wildman–Crippen MR) is 108 cm³/mol. The van der Waals surface area contributed by atoms with E-state index in [-0.39, 0.29) is 23.0 Å². The van der Waals surface area contributed by atoms with Crippen molar-refractivity contribution >= 4 is 17.6 Å². The average Bonchev–Trinajstić information content (AvgIpc) is 3.09. The molecule has 2 aliphatic heterocycles. The number of Topliss-reactive ketones (excluding diaryl/α,β-unsaturated/α-hetero) is 1. The van der Waals surface area contributed by atoms with Crippen molar-refractivity contribution in [2.24, 2.45) is 5.41 Å². The number of nitrogens with zero attached hydrogens (tertiary/aromatic N) is 2. The number of aryl methyl sites for hydroxylation is 1. The molecule has 2 fully saturated rings. The molecule has 1 aromatic heterocycles. The highest BCUT2D eigenvalue weighted by Gasteiger charge is 2.45. The van der Waals surface area contributed by atoms with Gasteiger partial charge in [-0.1, -0.05) is 11.6 Å². The highest BCUT2D eigenvalue weighted by atomic mass is 16.2. The van der Waals surface area contributed by atoms with Crippen molar-refractivity contribution in [1.29, 1.82) is 0 Å². The summed E-state index contributed by atoms with van der Waals surface area (Å²) in [7, 11) is 0. The summed E-state index contributed by atoms with van der Waals surface area (Å²) in [4.78, 5) is 44.2. The van der Waals surface area contributed by atoms with Crippen LogP contribution in [0, 0.1) is 19.3 Å². The van der Waals surface area contributed by atoms with Gasteiger partial charge in [0.2, 0.25) is 5.91 Å². The predicted octanol–water partition coefficient (Wildman–Crippen LogP) is 3.26. The highest BCUT2D eigenvalue weighted by molar-refractivity contribution is 6.02. The average molecular weight is 386 g/mol. The lowest BCUT2D eigenvalue weighted by molar-refractivity contribution is -0.127. The van der Waals surface area contributed by atoms with Gasteiger partial charge in [0.1, 0.15) is 0 Å². The van der Waals surface area contributed by atoms with Gasteiger partial charge in [0.15, 0.2) is 5.78 Å². The summed E-state index contributed by atoms with van der Waals surface area (Å²) in [5, 5.41) is 0. The number of carbonyl (C=O) groups is 3. The second-order valence-electron chi connectivity index (χ2n) is 8.71. The third-order valence-electron chi connectivity index (χ3n) is 6.24. The van der Waals surface area contributed by atoms with Crippen LogP contribution in [0.15, 0.2) is 11.6 Å². The normalized spacial score (nSPS) is 18.7. The number of piperidine rings is 1. The molecular weight excluding hydrogens is 354 g/mol. The molecule has 28 heavy (non-hydrogen) atoms. The molecule has 152 valence electrons. The number of hydrogen-bond donors (Lipinski definition) is 1. The molecule has 1 aromatic rings. The quantitative estimate of drug-likeness (QED) is 0.639. The number of aromatic amines is 1. The number of H-pyrrole nitrogens is 1. The number of carbonyl (C=O) groups excluding carboxylic acids is 3. The zero-order valence-corrected chi connectivity index (χ0v) is 17.6. The lowest BCUT2D eigenvalue weighted by Crippen LogP contribution is -2.44. The van der Waals surface area contributed by atoms with Crippen LogP contribution in [-0.4, -0.2) is 58.6 Å². The summed E-state index contributed by atoms with van der Waals surface area (Å²) >= 11 is 0. The lowest BCUT2D eigenvalue weighted by atomic mass is 9.77. The van der Waals surface area contributed by atoms with Crippen molar-refractivity contribution in [1.82, 2.24) is 14.8 Å². The summed E-state index contributed by atoms with van der Waals surface area (Å²) in [5.74, 6) is 0.151. The van der Waals surface area contributed by atoms with Gasteiger partial charge in [-0.2, -0.15) is 0 Å². The first kappa shape index (κ1) is 20.4. The van der Waals surface area contributed by atoms with Crippen molar-refractivity contribution in [2.75, 3.05) is 26.2 Å². The van der Waals surface area contributed by atoms with E-state index in [0.29, 0.717) is 37.3 Å². The summed E-state index contributed by atoms with van der Waals surface area (Å²) in [5.41, 5.74) is 3.84. The van der Waals surface area contributed by atoms with Gasteiger partial charge in [-0.3, -0.25) is 14.4 Å². The molecule has 3 rings (SSSR count). The lowest BCUT2D eigenvalue weighted by Gasteiger charge is -2.39. The third-order valence-corrected chi connectivity index (χ3v) is 6.24. The molecule has 6 heteroatoms. The van der Waals surface area contributed by atoms with Gasteiger partial charge in [0.25, 0.3) is 5.91 Å². The Morgan fingerprint density at radius 3 is 2.32 bits per heavy atom. The van der Waals surface area contributed by atoms with Crippen molar-refractivity contribution in [3.05, 3.63) is 34.2 Å². The summed E-state index contributed by atoms with van der Waals surface area (Å²) in [6.45, 7) is 12.0. The van der Waals surface area contributed by atoms with E-state index in [4.69, 9.17) is 0 Å². The van der Waals surface area contributed by atoms with Gasteiger partial charge in [-0.25, -0.2) is 0 Å². The fourth-order valence-electron chi connectivity index (χ4n) is 4.54. The minimum atomic E-state index is -0.0572. The van der Waals surface area contributed by atoms with Crippen LogP contribution in [0.3, 0.4) is 0 Å². The standard InChI is InChI=1S/C22H31N3O3/c1-14(2)6-9-25-13-22(12-18(25)27)7-10-24(11-8-22)21(28)19-15(3)20(17(5)26)23-16(19)4/h6,23H,7-13H2,1-5H3. The Hall–Kier alpha value is -2.37. The van der Waals surface area contributed by atoms with Crippen molar-refractivity contribution in [3.8, 4) is 0 Å². The molecule has 0 unspecified atom stereocenters. The molecule has 2 aliphatic rings. The molecule has 3 heterocycles. The Morgan fingerprint density at radius 2 is 1.79 bits per heavy atom. The Bertz CT molecular complexity index is 837. The van der Waals surface area contributed by atoms with E-state index in [1.165, 1.54) is 12.5 Å². The molecule has 1 spiro atoms. The summed E-state index contributed by atoms with van der Waals surface area (Å²) in [6, 6.07) is 0. The molecule has 6 nitrogen and oxygen atoms in total. The molecule has 2 amide bonds. The minimum absolute atomic E-state index is 0.00384. The van der Waals surface area contributed by atoms with Crippen molar-refractivity contribution in [3.63, 3.8) is 0 Å². The molecule has 1 N–H and O–H groups in total. The van der Waals surface area contributed by atoms with Gasteiger partial charge in [0, 0.05) is 50.6 Å². The maximum Gasteiger partial charge on any atom is 0.255 e. The van der Waals surface area contributed by atoms with Crippen LogP contribution in [0.4, 0.5) is 0 Å². The second kappa shape index (κ2) is 7.57. The van der Waals surface area contributed by atoms with Gasteiger partial charge >= 0.3 is 0 Å². The van der Waals surface area contributed by atoms with E-state index in [1.54, 1.807) is 0 Å². The fourth-order valence-corrected chi connectivity index (χ4v) is 4.54. The van der Waals surface area contributed by atoms with Crippen LogP contribution in [0.5, 0.6) is 0 Å². The van der Waals surface area contributed by atoms with E-state index in [9.17, 15) is 14.4 Å². The summed E-state index contributed by atoms with van der Waals surface area (Å²) < 4.78 is 0. The Kier molecular flexibility index (Phi) is 5.50. The van der Waals surface area contributed by atoms with Crippen LogP contribution in [0.2, 0.25) is 0 Å². The zero-order valence-electron chi connectivity index (χ0n) is 17.6. The van der Waals surface area contributed by atoms with Crippen LogP contribution in [0.25, 0.3) is 0 Å². The van der Waals surface area contributed by atoms with Crippen LogP contribution < -0.4 is 0 Å². The molecule has 0 bridgehead atoms. The van der Waals surface area contributed by atoms with E-state index in [1.807, 2.05) is 37.5 Å². The smallest absolute Gasteiger partial charge is 0.255 e. The number of allylic oxidation sites excluding steroid dienone is 1. The SMILES string of the molecule is CC(=O)c1[nH]c(C)c(C(=O)N2CCC3(CC2)CC(=O)N(CC=C(C)C)C3)c1C. The van der Waals surface area contributed by atoms with Crippen LogP contribution in [-0.2, 0) is 4.79 Å². The number of nitrogens with one attached hydrogen (secondary N) is 1. The number of hydrogen-bond acceptors (Lipinski definition) is 3. The molecule has 2 saturated heterocycles. The monoisotopic (exact) mass is 385 g/mol. The van der Waals surface area contributed by atoms with E-state index >= 15 is 0 Å². The molecule has 0 aromatic carbocycles. The van der Waals surface area contributed by atoms with E-state index in [0.717, 1.165) is 30.6 Å². The van der Waals surface area contributed by atoms with E-state index < -0.39 is 0 Å². The van der Waals surface area contributed by atoms with Crippen LogP contribution >= 0.6 is 0 Å². The number of aromatic nitrogens is 1. The Balaban J connectivity index is 1.68. The van der Waals surface area contributed by atoms with Crippen molar-refractivity contribution < 1.29 is 14.4 Å². The maximum absolute atomic E-state index is 13.1. The fraction of sp³-hybridized carbons (Fsp3) is 0.591. The van der Waals surface area contributed by atoms with Crippen LogP contribution in [0.1, 0.15) is 72.1 Å². The minimum Gasteiger partial charge on any atom is -0.355 e. The number of likely N-dealkylation sites (tertiary alicyclic amines) is 2. The first-order chi connectivity index (χ1) is 13.1. The van der Waals surface area contributed by atoms with Gasteiger partial charge in [-0.15, -0.1) is 0 Å². The van der Waals surface area contributed by atoms with E-state index in [2.05, 4.69) is 11.1 Å². The number of amides is 2. The maximum atomic E-state index is 13.1. The Morgan fingerprint density at radius 1 is 1.14 bits per heavy atom. The zero-order chi connectivity index (χ0) is 20.6. The highest BCUT2D eigenvalue weighted by Crippen LogP contribution is 2.41. The third kappa shape index (κ3) is 3.77. The summed E-state index contributed by atoms with van der Waals surface area (Å²) in [6.07, 6.45) is 4.37. The van der Waals surface area contributed by atoms with Gasteiger partial charge < -0.3 is 14.8 Å². The largest absolute Gasteiger partial charge is 0.355 e. The van der Waals surface area contributed by atoms with Gasteiger partial charge in [0.05, 0.1) is 11.3 Å². The first-order valence-corrected chi connectivity index (χ1v) is 10.0. The number of rotatable bonds is 4. The molecule has 0 saturated carbocycles. The van der Waals surface area contributed by atoms with Gasteiger partial charge in [-0.05, 0) is 46.1 Å². The first-order valence-electron chi connectivity index (χ1n) is 10.0. The molecule has 0 atom stereocenters. The number of ketones is 1.